The lowest BCUT2D eigenvalue weighted by atomic mass is 10.2. The number of hydrogen-bond donors (Lipinski definition) is 3. The first kappa shape index (κ1) is 24.6. The van der Waals surface area contributed by atoms with E-state index in [4.69, 9.17) is 9.47 Å². The molecule has 1 aromatic carbocycles. The second kappa shape index (κ2) is 11.2. The Kier molecular flexibility index (Phi) is 8.34. The molecule has 0 aliphatic rings. The zero-order valence-corrected chi connectivity index (χ0v) is 20.4. The molecule has 11 heteroatoms. The van der Waals surface area contributed by atoms with Crippen molar-refractivity contribution in [1.29, 1.82) is 0 Å². The van der Waals surface area contributed by atoms with Gasteiger partial charge in [0.1, 0.15) is 10.7 Å². The van der Waals surface area contributed by atoms with Crippen LogP contribution in [0.4, 0.5) is 0 Å². The first-order valence-electron chi connectivity index (χ1n) is 10.3. The number of fused-ring (bicyclic) bond motifs is 1. The van der Waals surface area contributed by atoms with Crippen molar-refractivity contribution in [2.75, 3.05) is 13.2 Å². The van der Waals surface area contributed by atoms with Gasteiger partial charge in [-0.15, -0.1) is 23.1 Å². The van der Waals surface area contributed by atoms with Crippen LogP contribution in [-0.4, -0.2) is 40.2 Å². The van der Waals surface area contributed by atoms with Crippen molar-refractivity contribution in [3.05, 3.63) is 50.9 Å². The van der Waals surface area contributed by atoms with Crippen LogP contribution in [0, 0.1) is 13.8 Å². The molecule has 176 valence electrons. The first-order chi connectivity index (χ1) is 15.8. The molecular weight excluding hydrogens is 464 g/mol. The van der Waals surface area contributed by atoms with Gasteiger partial charge in [0.05, 0.1) is 23.0 Å². The summed E-state index contributed by atoms with van der Waals surface area (Å²) in [7, 11) is 0. The van der Waals surface area contributed by atoms with E-state index in [0.29, 0.717) is 39.9 Å². The minimum atomic E-state index is -0.508. The molecule has 0 bridgehead atoms. The Labute approximate surface area is 199 Å². The van der Waals surface area contributed by atoms with Crippen LogP contribution >= 0.6 is 23.1 Å². The summed E-state index contributed by atoms with van der Waals surface area (Å²) in [4.78, 5) is 45.8. The summed E-state index contributed by atoms with van der Waals surface area (Å²) >= 11 is 2.77. The number of thioether (sulfide) groups is 1. The molecule has 0 fully saturated rings. The van der Waals surface area contributed by atoms with E-state index >= 15 is 0 Å². The van der Waals surface area contributed by atoms with Gasteiger partial charge in [0.15, 0.2) is 18.1 Å². The van der Waals surface area contributed by atoms with Crippen LogP contribution in [0.25, 0.3) is 10.2 Å². The number of carbonyl (C=O) groups excluding carboxylic acids is 2. The van der Waals surface area contributed by atoms with E-state index in [0.717, 1.165) is 10.4 Å². The molecule has 3 aromatic rings. The molecule has 3 rings (SSSR count). The highest BCUT2D eigenvalue weighted by Gasteiger charge is 2.17. The molecule has 33 heavy (non-hydrogen) atoms. The van der Waals surface area contributed by atoms with E-state index in [1.807, 2.05) is 26.8 Å². The normalized spacial score (nSPS) is 11.8. The van der Waals surface area contributed by atoms with Crippen LogP contribution in [0.5, 0.6) is 11.5 Å². The summed E-state index contributed by atoms with van der Waals surface area (Å²) in [5.74, 6) is 0.949. The molecule has 1 atom stereocenters. The van der Waals surface area contributed by atoms with Gasteiger partial charge in [-0.3, -0.25) is 25.2 Å². The molecule has 2 aromatic heterocycles. The number of hydrogen-bond acceptors (Lipinski definition) is 8. The van der Waals surface area contributed by atoms with E-state index < -0.39 is 11.2 Å². The number of aromatic amines is 1. The van der Waals surface area contributed by atoms with Crippen molar-refractivity contribution in [3.8, 4) is 11.5 Å². The number of H-pyrrole nitrogens is 1. The van der Waals surface area contributed by atoms with Gasteiger partial charge < -0.3 is 14.5 Å². The molecule has 0 radical (unpaired) electrons. The highest BCUT2D eigenvalue weighted by molar-refractivity contribution is 7.99. The first-order valence-corrected chi connectivity index (χ1v) is 12.2. The van der Waals surface area contributed by atoms with Gasteiger partial charge >= 0.3 is 0 Å². The molecule has 2 heterocycles. The maximum Gasteiger partial charge on any atom is 0.276 e. The second-order valence-electron chi connectivity index (χ2n) is 7.14. The predicted molar refractivity (Wildman–Crippen MR) is 130 cm³/mol. The number of nitrogens with zero attached hydrogens (tertiary/aromatic N) is 1. The van der Waals surface area contributed by atoms with Gasteiger partial charge in [0, 0.05) is 4.88 Å². The van der Waals surface area contributed by atoms with Gasteiger partial charge in [0.2, 0.25) is 0 Å². The minimum absolute atomic E-state index is 0.173. The fraction of sp³-hybridized carbons (Fsp3) is 0.364. The SMILES string of the molecule is CCOc1ccccc1OCC(=O)NNC(=O)C(C)SCc1nc2sc(C)c(C)c2c(=O)[nH]1. The zero-order valence-electron chi connectivity index (χ0n) is 18.8. The lowest BCUT2D eigenvalue weighted by Crippen LogP contribution is -2.46. The fourth-order valence-corrected chi connectivity index (χ4v) is 4.71. The third-order valence-corrected chi connectivity index (χ3v) is 7.02. The number of para-hydroxylation sites is 2. The third kappa shape index (κ3) is 6.26. The van der Waals surface area contributed by atoms with Gasteiger partial charge in [-0.25, -0.2) is 4.98 Å². The number of rotatable bonds is 9. The topological polar surface area (TPSA) is 122 Å². The lowest BCUT2D eigenvalue weighted by Gasteiger charge is -2.14. The summed E-state index contributed by atoms with van der Waals surface area (Å²) < 4.78 is 10.9. The van der Waals surface area contributed by atoms with Gasteiger partial charge in [0.25, 0.3) is 17.4 Å². The molecule has 0 aliphatic carbocycles. The molecule has 0 saturated carbocycles. The molecule has 0 saturated heterocycles. The fourth-order valence-electron chi connectivity index (χ4n) is 2.90. The number of thiophene rings is 1. The summed E-state index contributed by atoms with van der Waals surface area (Å²) in [5.41, 5.74) is 5.49. The molecule has 3 N–H and O–H groups in total. The number of ether oxygens (including phenoxy) is 2. The van der Waals surface area contributed by atoms with Gasteiger partial charge in [-0.05, 0) is 45.4 Å². The smallest absolute Gasteiger partial charge is 0.276 e. The van der Waals surface area contributed by atoms with Gasteiger partial charge in [-0.2, -0.15) is 0 Å². The Morgan fingerprint density at radius 3 is 2.58 bits per heavy atom. The van der Waals surface area contributed by atoms with Crippen molar-refractivity contribution < 1.29 is 19.1 Å². The molecule has 0 spiro atoms. The van der Waals surface area contributed by atoms with E-state index in [9.17, 15) is 14.4 Å². The number of amides is 2. The van der Waals surface area contributed by atoms with Crippen molar-refractivity contribution in [3.63, 3.8) is 0 Å². The summed E-state index contributed by atoms with van der Waals surface area (Å²) in [6.45, 7) is 7.62. The van der Waals surface area contributed by atoms with E-state index in [-0.39, 0.29) is 18.1 Å². The minimum Gasteiger partial charge on any atom is -0.490 e. The molecule has 0 aliphatic heterocycles. The van der Waals surface area contributed by atoms with Crippen LogP contribution in [0.1, 0.15) is 30.1 Å². The molecule has 2 amide bonds. The van der Waals surface area contributed by atoms with E-state index in [1.165, 1.54) is 23.1 Å². The standard InChI is InChI=1S/C22H26N4O5S2/c1-5-30-15-8-6-7-9-16(15)31-10-18(27)25-26-20(28)14(4)32-11-17-23-21(29)19-12(2)13(3)33-22(19)24-17/h6-9,14H,5,10-11H2,1-4H3,(H,25,27)(H,26,28)(H,23,24,29). The van der Waals surface area contributed by atoms with Crippen LogP contribution < -0.4 is 25.9 Å². The number of nitrogens with one attached hydrogen (secondary N) is 3. The number of aromatic nitrogens is 2. The van der Waals surface area contributed by atoms with E-state index in [2.05, 4.69) is 20.8 Å². The summed E-state index contributed by atoms with van der Waals surface area (Å²) in [6, 6.07) is 7.03. The Morgan fingerprint density at radius 2 is 1.88 bits per heavy atom. The maximum atomic E-state index is 12.4. The van der Waals surface area contributed by atoms with Crippen LogP contribution in [0.2, 0.25) is 0 Å². The highest BCUT2D eigenvalue weighted by atomic mass is 32.2. The number of benzene rings is 1. The molecule has 1 unspecified atom stereocenters. The molecule has 9 nitrogen and oxygen atoms in total. The Hall–Kier alpha value is -3.05. The lowest BCUT2D eigenvalue weighted by molar-refractivity contribution is -0.129. The van der Waals surface area contributed by atoms with Crippen molar-refractivity contribution in [2.24, 2.45) is 0 Å². The van der Waals surface area contributed by atoms with Gasteiger partial charge in [-0.1, -0.05) is 12.1 Å². The number of aryl methyl sites for hydroxylation is 2. The monoisotopic (exact) mass is 490 g/mol. The average Bonchev–Trinajstić information content (AvgIpc) is 3.09. The Balaban J connectivity index is 1.46. The molecular formula is C22H26N4O5S2. The van der Waals surface area contributed by atoms with Crippen molar-refractivity contribution >= 4 is 45.1 Å². The maximum absolute atomic E-state index is 12.4. The zero-order chi connectivity index (χ0) is 24.0. The van der Waals surface area contributed by atoms with E-state index in [1.54, 1.807) is 25.1 Å². The largest absolute Gasteiger partial charge is 0.490 e. The highest BCUT2D eigenvalue weighted by Crippen LogP contribution is 2.27. The van der Waals surface area contributed by atoms with Crippen LogP contribution in [0.15, 0.2) is 29.1 Å². The van der Waals surface area contributed by atoms with Crippen LogP contribution in [0.3, 0.4) is 0 Å². The number of hydrazine groups is 1. The Bertz CT molecular complexity index is 1210. The summed E-state index contributed by atoms with van der Waals surface area (Å²) in [6.07, 6.45) is 0. The average molecular weight is 491 g/mol. The summed E-state index contributed by atoms with van der Waals surface area (Å²) in [5, 5.41) is 0.128. The van der Waals surface area contributed by atoms with Crippen molar-refractivity contribution in [1.82, 2.24) is 20.8 Å². The second-order valence-corrected chi connectivity index (χ2v) is 9.67. The number of carbonyl (C=O) groups is 2. The Morgan fingerprint density at radius 1 is 1.18 bits per heavy atom. The van der Waals surface area contributed by atoms with Crippen LogP contribution in [-0.2, 0) is 15.3 Å². The quantitative estimate of drug-likeness (QED) is 0.394. The van der Waals surface area contributed by atoms with Crippen molar-refractivity contribution in [2.45, 2.75) is 38.7 Å². The predicted octanol–water partition coefficient (Wildman–Crippen LogP) is 2.85. The third-order valence-electron chi connectivity index (χ3n) is 4.76.